The number of rotatable bonds is 9. The van der Waals surface area contributed by atoms with Crippen LogP contribution in [0.3, 0.4) is 0 Å². The molecule has 0 aliphatic carbocycles. The topological polar surface area (TPSA) is 98.7 Å². The van der Waals surface area contributed by atoms with Crippen molar-refractivity contribution < 1.29 is 27.1 Å². The number of piperidine rings is 1. The molecular weight excluding hydrogens is 553 g/mol. The minimum absolute atomic E-state index is 0.106. The van der Waals surface area contributed by atoms with Crippen LogP contribution in [0.15, 0.2) is 71.9 Å². The van der Waals surface area contributed by atoms with E-state index >= 15 is 0 Å². The van der Waals surface area contributed by atoms with Crippen LogP contribution in [-0.4, -0.2) is 61.1 Å². The van der Waals surface area contributed by atoms with E-state index in [0.29, 0.717) is 43.9 Å². The van der Waals surface area contributed by atoms with Crippen LogP contribution in [0, 0.1) is 12.7 Å². The fraction of sp³-hybridized carbons (Fsp3) is 0.276. The van der Waals surface area contributed by atoms with Gasteiger partial charge in [0.2, 0.25) is 11.8 Å². The maximum absolute atomic E-state index is 14.5. The Morgan fingerprint density at radius 3 is 2.48 bits per heavy atom. The van der Waals surface area contributed by atoms with Gasteiger partial charge in [-0.15, -0.1) is 11.3 Å². The van der Waals surface area contributed by atoms with Crippen LogP contribution in [0.5, 0.6) is 17.5 Å². The van der Waals surface area contributed by atoms with Gasteiger partial charge in [0, 0.05) is 24.2 Å². The van der Waals surface area contributed by atoms with Gasteiger partial charge in [0.25, 0.3) is 0 Å². The number of hydrogen-bond acceptors (Lipinski definition) is 9. The molecule has 5 rings (SSSR count). The van der Waals surface area contributed by atoms with Crippen molar-refractivity contribution in [3.63, 3.8) is 0 Å². The molecular formula is C29H28FN3O5S2. The molecule has 1 fully saturated rings. The molecule has 1 aliphatic rings. The van der Waals surface area contributed by atoms with E-state index in [0.717, 1.165) is 27.6 Å². The molecule has 0 amide bonds. The molecule has 2 aromatic heterocycles. The summed E-state index contributed by atoms with van der Waals surface area (Å²) in [4.78, 5) is 25.0. The molecule has 40 heavy (non-hydrogen) atoms. The normalized spacial score (nSPS) is 14.7. The van der Waals surface area contributed by atoms with E-state index < -0.39 is 15.7 Å². The zero-order chi connectivity index (χ0) is 28.3. The van der Waals surface area contributed by atoms with Crippen molar-refractivity contribution in [2.75, 3.05) is 25.9 Å². The predicted molar refractivity (Wildman–Crippen MR) is 151 cm³/mol. The van der Waals surface area contributed by atoms with Crippen LogP contribution in [0.4, 0.5) is 4.39 Å². The highest BCUT2D eigenvalue weighted by atomic mass is 32.2. The first-order valence-electron chi connectivity index (χ1n) is 12.7. The number of ether oxygens (including phenoxy) is 2. The molecule has 208 valence electrons. The Morgan fingerprint density at radius 1 is 1.05 bits per heavy atom. The van der Waals surface area contributed by atoms with E-state index in [1.54, 1.807) is 6.92 Å². The summed E-state index contributed by atoms with van der Waals surface area (Å²) in [6.07, 6.45) is 3.61. The van der Waals surface area contributed by atoms with Gasteiger partial charge in [-0.3, -0.25) is 9.69 Å². The third kappa shape index (κ3) is 6.55. The zero-order valence-corrected chi connectivity index (χ0v) is 23.7. The summed E-state index contributed by atoms with van der Waals surface area (Å²) < 4.78 is 49.6. The summed E-state index contributed by atoms with van der Waals surface area (Å²) in [5.41, 5.74) is 1.60. The smallest absolute Gasteiger partial charge is 0.229 e. The highest BCUT2D eigenvalue weighted by molar-refractivity contribution is 7.90. The van der Waals surface area contributed by atoms with E-state index in [1.165, 1.54) is 29.8 Å². The van der Waals surface area contributed by atoms with Crippen LogP contribution in [0.2, 0.25) is 0 Å². The van der Waals surface area contributed by atoms with Crippen molar-refractivity contribution in [1.29, 1.82) is 0 Å². The van der Waals surface area contributed by atoms with Gasteiger partial charge in [0.1, 0.15) is 12.4 Å². The van der Waals surface area contributed by atoms with Crippen molar-refractivity contribution in [2.24, 2.45) is 0 Å². The summed E-state index contributed by atoms with van der Waals surface area (Å²) in [5, 5.41) is 0. The summed E-state index contributed by atoms with van der Waals surface area (Å²) in [6, 6.07) is 17.4. The molecule has 0 saturated carbocycles. The van der Waals surface area contributed by atoms with Gasteiger partial charge in [-0.2, -0.15) is 0 Å². The number of halogens is 1. The maximum atomic E-state index is 14.5. The third-order valence-corrected chi connectivity index (χ3v) is 8.93. The van der Waals surface area contributed by atoms with Crippen molar-refractivity contribution in [1.82, 2.24) is 14.9 Å². The lowest BCUT2D eigenvalue weighted by Gasteiger charge is -2.31. The third-order valence-electron chi connectivity index (χ3n) is 6.65. The van der Waals surface area contributed by atoms with Crippen LogP contribution in [0.1, 0.15) is 28.1 Å². The van der Waals surface area contributed by atoms with Gasteiger partial charge < -0.3 is 9.47 Å². The maximum Gasteiger partial charge on any atom is 0.229 e. The Morgan fingerprint density at radius 2 is 1.77 bits per heavy atom. The van der Waals surface area contributed by atoms with Crippen LogP contribution >= 0.6 is 11.3 Å². The fourth-order valence-electron chi connectivity index (χ4n) is 4.41. The summed E-state index contributed by atoms with van der Waals surface area (Å²) in [7, 11) is -3.54. The van der Waals surface area contributed by atoms with Crippen molar-refractivity contribution >= 4 is 27.0 Å². The Kier molecular flexibility index (Phi) is 8.24. The van der Waals surface area contributed by atoms with Gasteiger partial charge in [0.05, 0.1) is 21.9 Å². The summed E-state index contributed by atoms with van der Waals surface area (Å²) in [5.74, 6) is -0.412. The largest absolute Gasteiger partial charge is 0.474 e. The first-order valence-corrected chi connectivity index (χ1v) is 15.4. The van der Waals surface area contributed by atoms with Gasteiger partial charge in [-0.25, -0.2) is 22.8 Å². The number of nitrogens with zero attached hydrogens (tertiary/aromatic N) is 3. The van der Waals surface area contributed by atoms with E-state index in [-0.39, 0.29) is 28.4 Å². The van der Waals surface area contributed by atoms with E-state index in [2.05, 4.69) is 14.9 Å². The average molecular weight is 582 g/mol. The minimum atomic E-state index is -3.54. The Bertz CT molecular complexity index is 1620. The van der Waals surface area contributed by atoms with Gasteiger partial charge in [-0.05, 0) is 55.7 Å². The number of ketones is 1. The molecule has 3 heterocycles. The van der Waals surface area contributed by atoms with Crippen molar-refractivity contribution in [2.45, 2.75) is 30.8 Å². The van der Waals surface area contributed by atoms with E-state index in [9.17, 15) is 17.6 Å². The molecule has 0 unspecified atom stereocenters. The lowest BCUT2D eigenvalue weighted by atomic mass is 10.1. The van der Waals surface area contributed by atoms with Crippen molar-refractivity contribution in [3.05, 3.63) is 83.2 Å². The van der Waals surface area contributed by atoms with Gasteiger partial charge in [-0.1, -0.05) is 30.3 Å². The lowest BCUT2D eigenvalue weighted by Crippen LogP contribution is -2.40. The van der Waals surface area contributed by atoms with E-state index in [1.807, 2.05) is 42.5 Å². The highest BCUT2D eigenvalue weighted by Gasteiger charge is 2.25. The van der Waals surface area contributed by atoms with Crippen LogP contribution in [-0.2, 0) is 9.84 Å². The van der Waals surface area contributed by atoms with Crippen molar-refractivity contribution in [3.8, 4) is 28.0 Å². The average Bonchev–Trinajstić information content (AvgIpc) is 3.44. The number of sulfone groups is 1. The predicted octanol–water partition coefficient (Wildman–Crippen LogP) is 5.57. The quantitative estimate of drug-likeness (QED) is 0.237. The Labute approximate surface area is 236 Å². The van der Waals surface area contributed by atoms with Crippen LogP contribution in [0.25, 0.3) is 10.4 Å². The number of aromatic nitrogens is 2. The SMILES string of the molecule is Cc1c(Oc2ccc(S(C)(=O)=O)cc2F)ncnc1OC1CCN(CC(=O)c2ccc(-c3ccccc3)s2)CC1. The molecule has 0 atom stereocenters. The second-order valence-corrected chi connectivity index (χ2v) is 12.7. The number of benzene rings is 2. The molecule has 0 N–H and O–H groups in total. The lowest BCUT2D eigenvalue weighted by molar-refractivity contribution is 0.0777. The standard InChI is InChI=1S/C29H28FN3O5S2/c1-19-28(31-18-32-29(19)38-25-9-8-22(16-23(25)30)40(2,35)36)37-21-12-14-33(15-13-21)17-24(34)27-11-10-26(39-27)20-6-4-3-5-7-20/h3-11,16,18,21H,12-15,17H2,1-2H3. The number of likely N-dealkylation sites (tertiary alicyclic amines) is 1. The van der Waals surface area contributed by atoms with Gasteiger partial charge >= 0.3 is 0 Å². The molecule has 1 aliphatic heterocycles. The van der Waals surface area contributed by atoms with E-state index in [4.69, 9.17) is 9.47 Å². The first-order chi connectivity index (χ1) is 19.2. The fourth-order valence-corrected chi connectivity index (χ4v) is 5.98. The molecule has 2 aromatic carbocycles. The number of carbonyl (C=O) groups is 1. The second-order valence-electron chi connectivity index (χ2n) is 9.62. The Balaban J connectivity index is 1.16. The molecule has 11 heteroatoms. The number of Topliss-reactive ketones (excluding diaryl/α,β-unsaturated/α-hetero) is 1. The first kappa shape index (κ1) is 27.9. The summed E-state index contributed by atoms with van der Waals surface area (Å²) in [6.45, 7) is 3.49. The number of hydrogen-bond donors (Lipinski definition) is 0. The molecule has 0 radical (unpaired) electrons. The highest BCUT2D eigenvalue weighted by Crippen LogP contribution is 2.32. The van der Waals surface area contributed by atoms with Crippen LogP contribution < -0.4 is 9.47 Å². The molecule has 0 bridgehead atoms. The minimum Gasteiger partial charge on any atom is -0.474 e. The monoisotopic (exact) mass is 581 g/mol. The molecule has 8 nitrogen and oxygen atoms in total. The number of carbonyl (C=O) groups excluding carboxylic acids is 1. The molecule has 0 spiro atoms. The number of thiophene rings is 1. The molecule has 1 saturated heterocycles. The van der Waals surface area contributed by atoms with Gasteiger partial charge in [0.15, 0.2) is 27.2 Å². The summed E-state index contributed by atoms with van der Waals surface area (Å²) >= 11 is 1.51. The second kappa shape index (κ2) is 11.8. The molecule has 4 aromatic rings. The Hall–Kier alpha value is -3.67. The zero-order valence-electron chi connectivity index (χ0n) is 22.0.